The summed E-state index contributed by atoms with van der Waals surface area (Å²) in [6, 6.07) is 7.29. The van der Waals surface area contributed by atoms with Crippen LogP contribution in [-0.4, -0.2) is 43.4 Å². The van der Waals surface area contributed by atoms with Gasteiger partial charge in [-0.15, -0.1) is 0 Å². The summed E-state index contributed by atoms with van der Waals surface area (Å²) in [6.45, 7) is 4.89. The molecule has 6 heteroatoms. The van der Waals surface area contributed by atoms with Crippen LogP contribution in [0, 0.1) is 5.92 Å². The zero-order chi connectivity index (χ0) is 18.7. The molecule has 6 nitrogen and oxygen atoms in total. The smallest absolute Gasteiger partial charge is 0.337 e. The first kappa shape index (κ1) is 18.9. The highest BCUT2D eigenvalue weighted by Gasteiger charge is 2.64. The molecule has 0 unspecified atom stereocenters. The molecule has 2 heterocycles. The SMILES string of the molecule is CCCC[C@@H]1C[C@@]2(c3ccc(C(=O)OC)cc3)[C@@H](C(=O)OCC)CN2O1. The van der Waals surface area contributed by atoms with Crippen LogP contribution in [0.5, 0.6) is 0 Å². The van der Waals surface area contributed by atoms with Crippen LogP contribution < -0.4 is 0 Å². The van der Waals surface area contributed by atoms with Crippen LogP contribution in [-0.2, 0) is 24.6 Å². The minimum absolute atomic E-state index is 0.106. The van der Waals surface area contributed by atoms with Gasteiger partial charge in [-0.3, -0.25) is 9.63 Å². The summed E-state index contributed by atoms with van der Waals surface area (Å²) in [6.07, 6.45) is 4.05. The number of hydroxylamine groups is 2. The fourth-order valence-electron chi connectivity index (χ4n) is 4.06. The van der Waals surface area contributed by atoms with Gasteiger partial charge in [0.1, 0.15) is 0 Å². The van der Waals surface area contributed by atoms with Gasteiger partial charge in [0.15, 0.2) is 0 Å². The number of benzene rings is 1. The van der Waals surface area contributed by atoms with Crippen molar-refractivity contribution in [2.45, 2.75) is 51.2 Å². The predicted molar refractivity (Wildman–Crippen MR) is 95.3 cm³/mol. The Hall–Kier alpha value is -1.92. The molecule has 0 saturated carbocycles. The van der Waals surface area contributed by atoms with Gasteiger partial charge in [-0.2, -0.15) is 5.06 Å². The van der Waals surface area contributed by atoms with Crippen molar-refractivity contribution < 1.29 is 23.9 Å². The Balaban J connectivity index is 1.88. The number of methoxy groups -OCH3 is 1. The lowest BCUT2D eigenvalue weighted by Gasteiger charge is -2.51. The molecule has 1 aromatic rings. The van der Waals surface area contributed by atoms with E-state index < -0.39 is 5.54 Å². The van der Waals surface area contributed by atoms with Crippen LogP contribution in [0.1, 0.15) is 55.5 Å². The summed E-state index contributed by atoms with van der Waals surface area (Å²) in [5, 5.41) is 1.93. The molecule has 2 aliphatic rings. The summed E-state index contributed by atoms with van der Waals surface area (Å²) in [5.41, 5.74) is 0.973. The van der Waals surface area contributed by atoms with E-state index in [1.54, 1.807) is 12.1 Å². The van der Waals surface area contributed by atoms with E-state index in [9.17, 15) is 9.59 Å². The summed E-state index contributed by atoms with van der Waals surface area (Å²) in [4.78, 5) is 30.3. The summed E-state index contributed by atoms with van der Waals surface area (Å²) < 4.78 is 10.1. The number of esters is 2. The molecule has 3 rings (SSSR count). The average molecular weight is 361 g/mol. The third kappa shape index (κ3) is 3.12. The van der Waals surface area contributed by atoms with Gasteiger partial charge >= 0.3 is 11.9 Å². The molecule has 2 saturated heterocycles. The van der Waals surface area contributed by atoms with Crippen molar-refractivity contribution in [1.82, 2.24) is 5.06 Å². The fourth-order valence-corrected chi connectivity index (χ4v) is 4.06. The number of hydrogen-bond acceptors (Lipinski definition) is 6. The lowest BCUT2D eigenvalue weighted by Crippen LogP contribution is -2.63. The highest BCUT2D eigenvalue weighted by Crippen LogP contribution is 2.54. The normalized spacial score (nSPS) is 27.5. The average Bonchev–Trinajstić information content (AvgIpc) is 2.92. The molecule has 2 fully saturated rings. The Kier molecular flexibility index (Phi) is 5.63. The standard InChI is InChI=1S/C20H27NO5/c1-4-6-7-16-12-20(15-10-8-14(9-11-15)18(22)24-3)17(13-21(20)26-16)19(23)25-5-2/h8-11,16-17H,4-7,12-13H2,1-3H3/t16-,17-,20-/m1/s1. The molecular weight excluding hydrogens is 334 g/mol. The number of fused-ring (bicyclic) bond motifs is 1. The van der Waals surface area contributed by atoms with E-state index in [1.807, 2.05) is 24.1 Å². The Morgan fingerprint density at radius 3 is 2.62 bits per heavy atom. The topological polar surface area (TPSA) is 65.1 Å². The predicted octanol–water partition coefficient (Wildman–Crippen LogP) is 3.06. The zero-order valence-corrected chi connectivity index (χ0v) is 15.7. The van der Waals surface area contributed by atoms with E-state index in [0.29, 0.717) is 18.7 Å². The van der Waals surface area contributed by atoms with Crippen molar-refractivity contribution in [2.75, 3.05) is 20.3 Å². The molecule has 0 spiro atoms. The van der Waals surface area contributed by atoms with Crippen molar-refractivity contribution in [1.29, 1.82) is 0 Å². The number of unbranched alkanes of at least 4 members (excludes halogenated alkanes) is 1. The third-order valence-electron chi connectivity index (χ3n) is 5.44. The molecule has 142 valence electrons. The molecule has 1 aromatic carbocycles. The van der Waals surface area contributed by atoms with Crippen molar-refractivity contribution >= 4 is 11.9 Å². The number of nitrogens with zero attached hydrogens (tertiary/aromatic N) is 1. The second-order valence-electron chi connectivity index (χ2n) is 6.93. The van der Waals surface area contributed by atoms with Gasteiger partial charge in [0.05, 0.1) is 36.8 Å². The molecule has 0 aliphatic carbocycles. The lowest BCUT2D eigenvalue weighted by atomic mass is 9.68. The zero-order valence-electron chi connectivity index (χ0n) is 15.7. The number of carbonyl (C=O) groups excluding carboxylic acids is 2. The third-order valence-corrected chi connectivity index (χ3v) is 5.44. The molecular formula is C20H27NO5. The first-order chi connectivity index (χ1) is 12.6. The number of carbonyl (C=O) groups is 2. The van der Waals surface area contributed by atoms with Gasteiger partial charge in [0.2, 0.25) is 0 Å². The van der Waals surface area contributed by atoms with E-state index in [4.69, 9.17) is 14.3 Å². The van der Waals surface area contributed by atoms with Crippen molar-refractivity contribution in [3.63, 3.8) is 0 Å². The molecule has 0 amide bonds. The van der Waals surface area contributed by atoms with Crippen LogP contribution >= 0.6 is 0 Å². The Morgan fingerprint density at radius 2 is 2.00 bits per heavy atom. The van der Waals surface area contributed by atoms with Crippen molar-refractivity contribution in [3.05, 3.63) is 35.4 Å². The van der Waals surface area contributed by atoms with E-state index in [1.165, 1.54) is 7.11 Å². The minimum Gasteiger partial charge on any atom is -0.466 e. The van der Waals surface area contributed by atoms with Crippen LogP contribution in [0.15, 0.2) is 24.3 Å². The quantitative estimate of drug-likeness (QED) is 0.696. The van der Waals surface area contributed by atoms with Gasteiger partial charge in [0, 0.05) is 13.0 Å². The number of ether oxygens (including phenoxy) is 2. The van der Waals surface area contributed by atoms with Crippen LogP contribution in [0.4, 0.5) is 0 Å². The summed E-state index contributed by atoms with van der Waals surface area (Å²) in [5.74, 6) is -0.802. The van der Waals surface area contributed by atoms with Crippen molar-refractivity contribution in [3.8, 4) is 0 Å². The van der Waals surface area contributed by atoms with E-state index in [-0.39, 0.29) is 24.0 Å². The highest BCUT2D eigenvalue weighted by atomic mass is 16.7. The Labute approximate surface area is 154 Å². The maximum Gasteiger partial charge on any atom is 0.337 e. The van der Waals surface area contributed by atoms with Gasteiger partial charge in [-0.05, 0) is 31.0 Å². The van der Waals surface area contributed by atoms with E-state index in [0.717, 1.165) is 31.2 Å². The van der Waals surface area contributed by atoms with Gasteiger partial charge in [0.25, 0.3) is 0 Å². The van der Waals surface area contributed by atoms with Crippen LogP contribution in [0.25, 0.3) is 0 Å². The maximum atomic E-state index is 12.5. The molecule has 0 aromatic heterocycles. The van der Waals surface area contributed by atoms with E-state index >= 15 is 0 Å². The Morgan fingerprint density at radius 1 is 1.27 bits per heavy atom. The summed E-state index contributed by atoms with van der Waals surface area (Å²) >= 11 is 0. The minimum atomic E-state index is -0.501. The molecule has 2 aliphatic heterocycles. The summed E-state index contributed by atoms with van der Waals surface area (Å²) in [7, 11) is 1.36. The first-order valence-corrected chi connectivity index (χ1v) is 9.36. The van der Waals surface area contributed by atoms with Gasteiger partial charge in [-0.1, -0.05) is 31.9 Å². The second-order valence-corrected chi connectivity index (χ2v) is 6.93. The molecule has 0 radical (unpaired) electrons. The maximum absolute atomic E-state index is 12.5. The lowest BCUT2D eigenvalue weighted by molar-refractivity contribution is -0.269. The van der Waals surface area contributed by atoms with Crippen molar-refractivity contribution in [2.24, 2.45) is 5.92 Å². The highest BCUT2D eigenvalue weighted by molar-refractivity contribution is 5.89. The molecule has 0 N–H and O–H groups in total. The van der Waals surface area contributed by atoms with Crippen LogP contribution in [0.3, 0.4) is 0 Å². The van der Waals surface area contributed by atoms with Crippen LogP contribution in [0.2, 0.25) is 0 Å². The molecule has 3 atom stereocenters. The molecule has 26 heavy (non-hydrogen) atoms. The second kappa shape index (κ2) is 7.76. The number of rotatable bonds is 7. The monoisotopic (exact) mass is 361 g/mol. The number of hydrogen-bond donors (Lipinski definition) is 0. The largest absolute Gasteiger partial charge is 0.466 e. The van der Waals surface area contributed by atoms with Gasteiger partial charge in [-0.25, -0.2) is 4.79 Å². The van der Waals surface area contributed by atoms with E-state index in [2.05, 4.69) is 6.92 Å². The van der Waals surface area contributed by atoms with Gasteiger partial charge < -0.3 is 9.47 Å². The first-order valence-electron chi connectivity index (χ1n) is 9.36. The Bertz CT molecular complexity index is 659. The molecule has 0 bridgehead atoms. The fraction of sp³-hybridized carbons (Fsp3) is 0.600.